The van der Waals surface area contributed by atoms with Crippen LogP contribution in [-0.4, -0.2) is 44.7 Å². The number of carbonyl (C=O) groups excluding carboxylic acids is 2. The Morgan fingerprint density at radius 3 is 2.59 bits per heavy atom. The minimum absolute atomic E-state index is 0.176. The van der Waals surface area contributed by atoms with E-state index in [4.69, 9.17) is 0 Å². The van der Waals surface area contributed by atoms with Gasteiger partial charge in [0.15, 0.2) is 9.84 Å². The lowest BCUT2D eigenvalue weighted by Gasteiger charge is -2.08. The average molecular weight is 427 g/mol. The third-order valence-corrected chi connectivity index (χ3v) is 6.02. The van der Waals surface area contributed by atoms with E-state index in [1.165, 1.54) is 13.2 Å². The maximum atomic E-state index is 12.6. The Morgan fingerprint density at radius 2 is 1.97 bits per heavy atom. The van der Waals surface area contributed by atoms with E-state index < -0.39 is 27.6 Å². The number of methoxy groups -OCH3 is 1. The Balaban J connectivity index is 2.75. The van der Waals surface area contributed by atoms with Crippen molar-refractivity contribution in [3.05, 3.63) is 34.8 Å². The molecular formula is C22H34O6S. The molecular weight excluding hydrogens is 392 g/mol. The molecule has 1 aliphatic rings. The molecule has 0 radical (unpaired) electrons. The van der Waals surface area contributed by atoms with Gasteiger partial charge < -0.3 is 9.84 Å². The van der Waals surface area contributed by atoms with E-state index in [9.17, 15) is 23.1 Å². The first kappa shape index (κ1) is 25.3. The van der Waals surface area contributed by atoms with Crippen LogP contribution in [-0.2, 0) is 24.2 Å². The minimum atomic E-state index is -3.60. The number of unbranched alkanes of at least 4 members (excludes halogenated alkanes) is 5. The van der Waals surface area contributed by atoms with Crippen LogP contribution < -0.4 is 0 Å². The summed E-state index contributed by atoms with van der Waals surface area (Å²) < 4.78 is 28.4. The fourth-order valence-electron chi connectivity index (χ4n) is 3.20. The number of Topliss-reactive ketones (excluding diaryl/α,β-unsaturated/α-hetero) is 1. The summed E-state index contributed by atoms with van der Waals surface area (Å²) in [6.45, 7) is 2.09. The molecule has 0 amide bonds. The van der Waals surface area contributed by atoms with Crippen molar-refractivity contribution >= 4 is 21.6 Å². The lowest BCUT2D eigenvalue weighted by Crippen LogP contribution is -2.10. The molecule has 7 heteroatoms. The van der Waals surface area contributed by atoms with E-state index >= 15 is 0 Å². The zero-order valence-corrected chi connectivity index (χ0v) is 18.5. The zero-order chi connectivity index (χ0) is 21.9. The van der Waals surface area contributed by atoms with E-state index in [0.717, 1.165) is 38.4 Å². The van der Waals surface area contributed by atoms with E-state index in [2.05, 4.69) is 11.7 Å². The molecule has 0 saturated heterocycles. The number of hydrogen-bond donors (Lipinski definition) is 1. The molecule has 2 atom stereocenters. The molecule has 6 nitrogen and oxygen atoms in total. The fourth-order valence-corrected chi connectivity index (χ4v) is 4.05. The van der Waals surface area contributed by atoms with Crippen LogP contribution in [0.3, 0.4) is 0 Å². The summed E-state index contributed by atoms with van der Waals surface area (Å²) in [5.41, 5.74) is 0.440. The predicted molar refractivity (Wildman–Crippen MR) is 114 cm³/mol. The maximum Gasteiger partial charge on any atom is 0.305 e. The van der Waals surface area contributed by atoms with Crippen molar-refractivity contribution in [2.75, 3.05) is 13.4 Å². The molecule has 164 valence electrons. The number of sulfone groups is 1. The summed E-state index contributed by atoms with van der Waals surface area (Å²) in [6, 6.07) is 0. The van der Waals surface area contributed by atoms with E-state index in [1.54, 1.807) is 18.2 Å². The van der Waals surface area contributed by atoms with Crippen molar-refractivity contribution in [1.82, 2.24) is 0 Å². The van der Waals surface area contributed by atoms with Gasteiger partial charge in [0.25, 0.3) is 0 Å². The number of ketones is 1. The summed E-state index contributed by atoms with van der Waals surface area (Å²) in [6.07, 6.45) is 14.0. The minimum Gasteiger partial charge on any atom is -0.469 e. The molecule has 1 rings (SSSR count). The molecule has 2 unspecified atom stereocenters. The van der Waals surface area contributed by atoms with Crippen LogP contribution in [0.2, 0.25) is 0 Å². The first-order valence-electron chi connectivity index (χ1n) is 10.3. The van der Waals surface area contributed by atoms with Gasteiger partial charge in [0.2, 0.25) is 5.78 Å². The summed E-state index contributed by atoms with van der Waals surface area (Å²) in [5.74, 6) is -1.14. The second-order valence-electron chi connectivity index (χ2n) is 7.44. The highest BCUT2D eigenvalue weighted by atomic mass is 32.2. The number of rotatable bonds is 13. The van der Waals surface area contributed by atoms with E-state index in [1.807, 2.05) is 0 Å². The molecule has 0 saturated carbocycles. The van der Waals surface area contributed by atoms with Gasteiger partial charge in [-0.3, -0.25) is 9.59 Å². The third kappa shape index (κ3) is 9.09. The van der Waals surface area contributed by atoms with Crippen molar-refractivity contribution in [2.24, 2.45) is 5.92 Å². The summed E-state index contributed by atoms with van der Waals surface area (Å²) >= 11 is 0. The normalized spacial score (nSPS) is 19.7. The number of hydrogen-bond acceptors (Lipinski definition) is 6. The Kier molecular flexibility index (Phi) is 11.1. The van der Waals surface area contributed by atoms with Gasteiger partial charge in [-0.25, -0.2) is 8.42 Å². The molecule has 0 spiro atoms. The average Bonchev–Trinajstić information content (AvgIpc) is 2.98. The largest absolute Gasteiger partial charge is 0.469 e. The number of aliphatic hydroxyl groups excluding tert-OH is 1. The SMILES string of the molecule is CCCCCC(O)/C=C/C1C=C(S(C)(=O)=O)C(=O)/C1=C\CCCCCC(=O)OC. The second-order valence-corrected chi connectivity index (χ2v) is 9.43. The van der Waals surface area contributed by atoms with E-state index in [-0.39, 0.29) is 10.9 Å². The Hall–Kier alpha value is -1.73. The van der Waals surface area contributed by atoms with Crippen LogP contribution in [0.5, 0.6) is 0 Å². The zero-order valence-electron chi connectivity index (χ0n) is 17.7. The van der Waals surface area contributed by atoms with Crippen LogP contribution in [0.1, 0.15) is 64.7 Å². The van der Waals surface area contributed by atoms with Crippen molar-refractivity contribution in [3.63, 3.8) is 0 Å². The quantitative estimate of drug-likeness (QED) is 0.209. The lowest BCUT2D eigenvalue weighted by atomic mass is 9.98. The van der Waals surface area contributed by atoms with E-state index in [0.29, 0.717) is 31.3 Å². The summed E-state index contributed by atoms with van der Waals surface area (Å²) in [5, 5.41) is 10.1. The van der Waals surface area contributed by atoms with Crippen molar-refractivity contribution < 1.29 is 27.9 Å². The predicted octanol–water partition coefficient (Wildman–Crippen LogP) is 3.66. The standard InChI is InChI=1S/C22H34O6S/c1-4-5-8-11-18(23)15-14-17-16-20(29(3,26)27)22(25)19(17)12-9-6-7-10-13-21(24)28-2/h12,14-18,23H,4-11,13H2,1-3H3/b15-14+,19-12-. The van der Waals surface area contributed by atoms with Crippen LogP contribution in [0.15, 0.2) is 34.8 Å². The molecule has 1 aliphatic carbocycles. The van der Waals surface area contributed by atoms with Gasteiger partial charge in [-0.15, -0.1) is 0 Å². The molecule has 0 aromatic rings. The van der Waals surface area contributed by atoms with Gasteiger partial charge in [0, 0.05) is 24.2 Å². The molecule has 0 aliphatic heterocycles. The number of carbonyl (C=O) groups is 2. The molecule has 0 fully saturated rings. The fraction of sp³-hybridized carbons (Fsp3) is 0.636. The molecule has 0 aromatic heterocycles. The summed E-state index contributed by atoms with van der Waals surface area (Å²) in [4.78, 5) is 23.5. The van der Waals surface area contributed by atoms with Gasteiger partial charge in [0.1, 0.15) is 4.91 Å². The van der Waals surface area contributed by atoms with Crippen molar-refractivity contribution in [3.8, 4) is 0 Å². The smallest absolute Gasteiger partial charge is 0.305 e. The first-order valence-corrected chi connectivity index (χ1v) is 12.2. The van der Waals surface area contributed by atoms with Crippen LogP contribution in [0, 0.1) is 5.92 Å². The van der Waals surface area contributed by atoms with Crippen LogP contribution in [0.25, 0.3) is 0 Å². The Bertz CT molecular complexity index is 745. The molecule has 0 heterocycles. The molecule has 1 N–H and O–H groups in total. The van der Waals surface area contributed by atoms with Gasteiger partial charge in [0.05, 0.1) is 13.2 Å². The van der Waals surface area contributed by atoms with Gasteiger partial charge in [-0.1, -0.05) is 56.9 Å². The third-order valence-electron chi connectivity index (χ3n) is 4.90. The highest BCUT2D eigenvalue weighted by Crippen LogP contribution is 2.31. The van der Waals surface area contributed by atoms with Crippen molar-refractivity contribution in [2.45, 2.75) is 70.8 Å². The Labute approximate surface area is 174 Å². The molecule has 29 heavy (non-hydrogen) atoms. The Morgan fingerprint density at radius 1 is 1.24 bits per heavy atom. The number of ether oxygens (including phenoxy) is 1. The highest BCUT2D eigenvalue weighted by Gasteiger charge is 2.33. The maximum absolute atomic E-state index is 12.6. The first-order chi connectivity index (χ1) is 13.7. The number of esters is 1. The number of aliphatic hydroxyl groups is 1. The molecule has 0 aromatic carbocycles. The highest BCUT2D eigenvalue weighted by molar-refractivity contribution is 7.95. The number of allylic oxidation sites excluding steroid dienone is 5. The molecule has 0 bridgehead atoms. The second kappa shape index (κ2) is 12.8. The van der Waals surface area contributed by atoms with Crippen LogP contribution >= 0.6 is 0 Å². The van der Waals surface area contributed by atoms with Crippen LogP contribution in [0.4, 0.5) is 0 Å². The topological polar surface area (TPSA) is 97.7 Å². The van der Waals surface area contributed by atoms with Gasteiger partial charge in [-0.05, 0) is 25.7 Å². The van der Waals surface area contributed by atoms with Gasteiger partial charge in [-0.2, -0.15) is 0 Å². The van der Waals surface area contributed by atoms with Crippen molar-refractivity contribution in [1.29, 1.82) is 0 Å². The monoisotopic (exact) mass is 426 g/mol. The van der Waals surface area contributed by atoms with Gasteiger partial charge >= 0.3 is 5.97 Å². The lowest BCUT2D eigenvalue weighted by molar-refractivity contribution is -0.140. The summed E-state index contributed by atoms with van der Waals surface area (Å²) in [7, 11) is -2.24.